The monoisotopic (exact) mass is 576 g/mol. The summed E-state index contributed by atoms with van der Waals surface area (Å²) in [5.41, 5.74) is 10.3. The standard InChI is InChI=1S/C38H32N4O2/c1-5-12-33-24(3)31-16-7-9-18-35(31)41(33)28-20-27(38-40-39-37(44-38)26-14-11-15-30(43)22-26)21-29(23-28)42-34(13-6-2)25(4)32-17-8-10-19-36(32)42/h5-23,43H,1-4H3. The predicted octanol–water partition coefficient (Wildman–Crippen LogP) is 9.68. The number of aromatic hydroxyl groups is 1. The lowest BCUT2D eigenvalue weighted by molar-refractivity contribution is 0.475. The van der Waals surface area contributed by atoms with Crippen molar-refractivity contribution >= 4 is 34.0 Å². The van der Waals surface area contributed by atoms with Crippen LogP contribution >= 0.6 is 0 Å². The Morgan fingerprint density at radius 1 is 0.614 bits per heavy atom. The molecule has 1 N–H and O–H groups in total. The average molecular weight is 577 g/mol. The fourth-order valence-electron chi connectivity index (χ4n) is 6.19. The minimum Gasteiger partial charge on any atom is -0.508 e. The average Bonchev–Trinajstić information content (AvgIpc) is 3.72. The van der Waals surface area contributed by atoms with Gasteiger partial charge >= 0.3 is 0 Å². The summed E-state index contributed by atoms with van der Waals surface area (Å²) in [4.78, 5) is 0. The fraction of sp³-hybridized carbons (Fsp3) is 0.105. The molecule has 4 aromatic carbocycles. The Kier molecular flexibility index (Phi) is 6.74. The molecule has 0 fully saturated rings. The number of benzene rings is 4. The molecule has 6 heteroatoms. The molecule has 3 aromatic heterocycles. The summed E-state index contributed by atoms with van der Waals surface area (Å²) in [6.07, 6.45) is 8.48. The summed E-state index contributed by atoms with van der Waals surface area (Å²) in [6.45, 7) is 8.43. The molecule has 0 atom stereocenters. The zero-order valence-electron chi connectivity index (χ0n) is 25.1. The van der Waals surface area contributed by atoms with Gasteiger partial charge in [-0.1, -0.05) is 54.6 Å². The SMILES string of the molecule is CC=Cc1c(C)c2ccccc2n1-c1cc(-c2nnc(-c3cccc(O)c3)o2)cc(-n2c(C=CC)c(C)c3ccccc32)c1. The molecule has 7 aromatic rings. The van der Waals surface area contributed by atoms with Gasteiger partial charge in [-0.15, -0.1) is 10.2 Å². The fourth-order valence-corrected chi connectivity index (χ4v) is 6.19. The van der Waals surface area contributed by atoms with Crippen LogP contribution in [-0.2, 0) is 0 Å². The second-order valence-electron chi connectivity index (χ2n) is 10.9. The van der Waals surface area contributed by atoms with Crippen LogP contribution in [0, 0.1) is 13.8 Å². The number of hydrogen-bond acceptors (Lipinski definition) is 4. The topological polar surface area (TPSA) is 69.0 Å². The third-order valence-corrected chi connectivity index (χ3v) is 8.18. The minimum atomic E-state index is 0.143. The Morgan fingerprint density at radius 3 is 1.66 bits per heavy atom. The van der Waals surface area contributed by atoms with Gasteiger partial charge in [0.2, 0.25) is 11.8 Å². The van der Waals surface area contributed by atoms with E-state index in [-0.39, 0.29) is 5.75 Å². The highest BCUT2D eigenvalue weighted by Crippen LogP contribution is 2.37. The van der Waals surface area contributed by atoms with Crippen molar-refractivity contribution in [3.63, 3.8) is 0 Å². The maximum Gasteiger partial charge on any atom is 0.248 e. The molecule has 0 unspecified atom stereocenters. The zero-order chi connectivity index (χ0) is 30.4. The number of para-hydroxylation sites is 2. The van der Waals surface area contributed by atoms with Gasteiger partial charge in [-0.3, -0.25) is 0 Å². The number of rotatable bonds is 6. The smallest absolute Gasteiger partial charge is 0.248 e. The van der Waals surface area contributed by atoms with E-state index >= 15 is 0 Å². The first-order valence-electron chi connectivity index (χ1n) is 14.7. The van der Waals surface area contributed by atoms with Gasteiger partial charge in [-0.2, -0.15) is 0 Å². The van der Waals surface area contributed by atoms with Gasteiger partial charge in [0.25, 0.3) is 0 Å². The van der Waals surface area contributed by atoms with Gasteiger partial charge in [0.1, 0.15) is 5.75 Å². The Bertz CT molecular complexity index is 2130. The van der Waals surface area contributed by atoms with Crippen molar-refractivity contribution in [3.05, 3.63) is 126 Å². The number of aryl methyl sites for hydroxylation is 2. The quantitative estimate of drug-likeness (QED) is 0.214. The van der Waals surface area contributed by atoms with Crippen molar-refractivity contribution in [1.82, 2.24) is 19.3 Å². The highest BCUT2D eigenvalue weighted by atomic mass is 16.4. The molecule has 6 nitrogen and oxygen atoms in total. The summed E-state index contributed by atoms with van der Waals surface area (Å²) in [6, 6.07) is 30.3. The summed E-state index contributed by atoms with van der Waals surface area (Å²) in [5.74, 6) is 0.883. The molecule has 0 aliphatic rings. The number of hydrogen-bond donors (Lipinski definition) is 1. The molecule has 7 rings (SSSR count). The van der Waals surface area contributed by atoms with E-state index < -0.39 is 0 Å². The van der Waals surface area contributed by atoms with Gasteiger partial charge in [-0.05, 0) is 99.5 Å². The molecule has 0 bridgehead atoms. The van der Waals surface area contributed by atoms with E-state index in [9.17, 15) is 5.11 Å². The molecule has 0 spiro atoms. The Hall–Kier alpha value is -5.62. The molecule has 44 heavy (non-hydrogen) atoms. The number of phenolic OH excluding ortho intramolecular Hbond substituents is 1. The van der Waals surface area contributed by atoms with Crippen LogP contribution in [-0.4, -0.2) is 24.4 Å². The van der Waals surface area contributed by atoms with Crippen molar-refractivity contribution in [2.24, 2.45) is 0 Å². The van der Waals surface area contributed by atoms with Gasteiger partial charge in [0.15, 0.2) is 0 Å². The first kappa shape index (κ1) is 27.2. The number of phenols is 1. The minimum absolute atomic E-state index is 0.143. The van der Waals surface area contributed by atoms with Crippen LogP contribution < -0.4 is 0 Å². The van der Waals surface area contributed by atoms with Crippen molar-refractivity contribution in [1.29, 1.82) is 0 Å². The van der Waals surface area contributed by atoms with Gasteiger partial charge < -0.3 is 18.7 Å². The van der Waals surface area contributed by atoms with Crippen LogP contribution in [0.2, 0.25) is 0 Å². The molecule has 0 aliphatic carbocycles. The number of fused-ring (bicyclic) bond motifs is 2. The van der Waals surface area contributed by atoms with Gasteiger partial charge in [0, 0.05) is 44.7 Å². The van der Waals surface area contributed by atoms with Crippen molar-refractivity contribution in [3.8, 4) is 40.0 Å². The van der Waals surface area contributed by atoms with Crippen molar-refractivity contribution in [2.75, 3.05) is 0 Å². The van der Waals surface area contributed by atoms with Crippen LogP contribution in [0.3, 0.4) is 0 Å². The van der Waals surface area contributed by atoms with Crippen molar-refractivity contribution < 1.29 is 9.52 Å². The highest BCUT2D eigenvalue weighted by Gasteiger charge is 2.20. The molecule has 3 heterocycles. The third-order valence-electron chi connectivity index (χ3n) is 8.18. The van der Waals surface area contributed by atoms with Crippen LogP contribution in [0.25, 0.3) is 68.2 Å². The van der Waals surface area contributed by atoms with E-state index in [1.165, 1.54) is 21.9 Å². The molecular weight excluding hydrogens is 544 g/mol. The zero-order valence-corrected chi connectivity index (χ0v) is 25.1. The molecule has 0 saturated carbocycles. The van der Waals surface area contributed by atoms with Crippen LogP contribution in [0.4, 0.5) is 0 Å². The number of aromatic nitrogens is 4. The highest BCUT2D eigenvalue weighted by molar-refractivity contribution is 5.92. The van der Waals surface area contributed by atoms with E-state index in [0.29, 0.717) is 17.3 Å². The molecule has 216 valence electrons. The second kappa shape index (κ2) is 10.9. The lowest BCUT2D eigenvalue weighted by Crippen LogP contribution is -2.03. The van der Waals surface area contributed by atoms with E-state index in [1.54, 1.807) is 18.2 Å². The Balaban J connectivity index is 1.54. The summed E-state index contributed by atoms with van der Waals surface area (Å²) < 4.78 is 10.9. The largest absolute Gasteiger partial charge is 0.508 e. The summed E-state index contributed by atoms with van der Waals surface area (Å²) in [5, 5.41) is 21.3. The predicted molar refractivity (Wildman–Crippen MR) is 179 cm³/mol. The number of allylic oxidation sites excluding steroid dienone is 2. The normalized spacial score (nSPS) is 12.0. The first-order chi connectivity index (χ1) is 21.5. The van der Waals surface area contributed by atoms with E-state index in [2.05, 4.69) is 124 Å². The van der Waals surface area contributed by atoms with Crippen LogP contribution in [0.5, 0.6) is 5.75 Å². The third kappa shape index (κ3) is 4.43. The van der Waals surface area contributed by atoms with Crippen LogP contribution in [0.15, 0.2) is 108 Å². The van der Waals surface area contributed by atoms with Gasteiger partial charge in [-0.25, -0.2) is 0 Å². The Labute approximate surface area is 255 Å². The first-order valence-corrected chi connectivity index (χ1v) is 14.7. The van der Waals surface area contributed by atoms with Gasteiger partial charge in [0.05, 0.1) is 11.0 Å². The molecule has 0 aliphatic heterocycles. The van der Waals surface area contributed by atoms with E-state index in [1.807, 2.05) is 19.9 Å². The van der Waals surface area contributed by atoms with E-state index in [0.717, 1.165) is 39.4 Å². The van der Waals surface area contributed by atoms with Crippen LogP contribution in [0.1, 0.15) is 36.4 Å². The second-order valence-corrected chi connectivity index (χ2v) is 10.9. The van der Waals surface area contributed by atoms with Crippen molar-refractivity contribution in [2.45, 2.75) is 27.7 Å². The molecule has 0 radical (unpaired) electrons. The van der Waals surface area contributed by atoms with E-state index in [4.69, 9.17) is 4.42 Å². The molecule has 0 saturated heterocycles. The Morgan fingerprint density at radius 2 is 1.14 bits per heavy atom. The summed E-state index contributed by atoms with van der Waals surface area (Å²) >= 11 is 0. The molecule has 0 amide bonds. The lowest BCUT2D eigenvalue weighted by Gasteiger charge is -2.16. The molecular formula is C38H32N4O2. The maximum absolute atomic E-state index is 10.0. The number of nitrogens with zero attached hydrogens (tertiary/aromatic N) is 4. The maximum atomic E-state index is 10.0. The lowest BCUT2D eigenvalue weighted by atomic mass is 10.1. The summed E-state index contributed by atoms with van der Waals surface area (Å²) in [7, 11) is 0.